The van der Waals surface area contributed by atoms with Gasteiger partial charge in [-0.25, -0.2) is 0 Å². The second-order valence-corrected chi connectivity index (χ2v) is 5.68. The first-order valence-corrected chi connectivity index (χ1v) is 6.79. The van der Waals surface area contributed by atoms with Crippen molar-refractivity contribution in [2.24, 2.45) is 7.05 Å². The zero-order chi connectivity index (χ0) is 13.7. The van der Waals surface area contributed by atoms with E-state index in [1.165, 1.54) is 0 Å². The van der Waals surface area contributed by atoms with Crippen LogP contribution in [0.25, 0.3) is 21.8 Å². The molecule has 0 radical (unpaired) electrons. The number of halogens is 2. The van der Waals surface area contributed by atoms with E-state index in [1.54, 1.807) is 0 Å². The van der Waals surface area contributed by atoms with Gasteiger partial charge >= 0.3 is 0 Å². The van der Waals surface area contributed by atoms with Crippen molar-refractivity contribution in [1.29, 1.82) is 0 Å². The van der Waals surface area contributed by atoms with Crippen LogP contribution in [-0.4, -0.2) is 5.10 Å². The summed E-state index contributed by atoms with van der Waals surface area (Å²) in [7, 11) is 1.94. The summed E-state index contributed by atoms with van der Waals surface area (Å²) in [4.78, 5) is 0. The number of fused-ring (bicyclic) bond motifs is 3. The molecule has 0 atom stereocenters. The molecular formula is C15H13Cl2N2+. The molecule has 2 nitrogen and oxygen atoms in total. The molecule has 4 heteroatoms. The first-order chi connectivity index (χ1) is 8.97. The van der Waals surface area contributed by atoms with Gasteiger partial charge < -0.3 is 0 Å². The Labute approximate surface area is 121 Å². The third-order valence-electron chi connectivity index (χ3n) is 3.45. The Kier molecular flexibility index (Phi) is 2.88. The van der Waals surface area contributed by atoms with Crippen LogP contribution in [0.15, 0.2) is 24.3 Å². The second-order valence-electron chi connectivity index (χ2n) is 4.86. The molecule has 0 aliphatic heterocycles. The van der Waals surface area contributed by atoms with Gasteiger partial charge in [0.25, 0.3) is 0 Å². The molecule has 1 aromatic heterocycles. The van der Waals surface area contributed by atoms with E-state index in [-0.39, 0.29) is 0 Å². The van der Waals surface area contributed by atoms with Gasteiger partial charge in [-0.05, 0) is 43.2 Å². The van der Waals surface area contributed by atoms with Gasteiger partial charge in [0.2, 0.25) is 5.52 Å². The van der Waals surface area contributed by atoms with Gasteiger partial charge in [0.1, 0.15) is 5.52 Å². The van der Waals surface area contributed by atoms with Crippen LogP contribution < -0.4 is 4.68 Å². The number of rotatable bonds is 0. The maximum Gasteiger partial charge on any atom is 0.239 e. The van der Waals surface area contributed by atoms with Crippen molar-refractivity contribution in [3.05, 3.63) is 45.4 Å². The smallest absolute Gasteiger partial charge is 0.0858 e. The number of nitrogens with zero attached hydrogens (tertiary/aromatic N) is 2. The molecule has 0 aliphatic rings. The topological polar surface area (TPSA) is 16.8 Å². The Morgan fingerprint density at radius 3 is 2.16 bits per heavy atom. The fourth-order valence-corrected chi connectivity index (χ4v) is 2.66. The molecule has 0 amide bonds. The summed E-state index contributed by atoms with van der Waals surface area (Å²) in [6.07, 6.45) is 0. The van der Waals surface area contributed by atoms with E-state index in [2.05, 4.69) is 11.2 Å². The largest absolute Gasteiger partial charge is 0.239 e. The average Bonchev–Trinajstić information content (AvgIpc) is 2.35. The van der Waals surface area contributed by atoms with E-state index in [4.69, 9.17) is 23.2 Å². The van der Waals surface area contributed by atoms with E-state index < -0.39 is 0 Å². The quantitative estimate of drug-likeness (QED) is 0.449. The van der Waals surface area contributed by atoms with Crippen LogP contribution in [0.5, 0.6) is 0 Å². The number of benzene rings is 2. The summed E-state index contributed by atoms with van der Waals surface area (Å²) in [6.45, 7) is 3.98. The standard InChI is InChI=1S/C15H13Cl2N2/c1-8-4-14-10(6-12(8)16)11-7-13(17)9(2)5-15(11)19(3)18-14/h4-7H,1-3H3/q+1. The van der Waals surface area contributed by atoms with Crippen molar-refractivity contribution in [1.82, 2.24) is 5.10 Å². The Morgan fingerprint density at radius 1 is 0.895 bits per heavy atom. The summed E-state index contributed by atoms with van der Waals surface area (Å²) in [5.41, 5.74) is 4.05. The van der Waals surface area contributed by atoms with Crippen molar-refractivity contribution in [2.45, 2.75) is 13.8 Å². The minimum absolute atomic E-state index is 0.751. The minimum Gasteiger partial charge on any atom is -0.0858 e. The van der Waals surface area contributed by atoms with E-state index in [1.807, 2.05) is 43.8 Å². The fraction of sp³-hybridized carbons (Fsp3) is 0.200. The van der Waals surface area contributed by atoms with E-state index >= 15 is 0 Å². The molecule has 0 N–H and O–H groups in total. The predicted octanol–water partition coefficient (Wildman–Crippen LogP) is 4.14. The van der Waals surface area contributed by atoms with Crippen LogP contribution in [0.1, 0.15) is 11.1 Å². The van der Waals surface area contributed by atoms with Crippen LogP contribution >= 0.6 is 23.2 Å². The highest BCUT2D eigenvalue weighted by molar-refractivity contribution is 6.33. The molecule has 3 aromatic rings. The van der Waals surface area contributed by atoms with Crippen molar-refractivity contribution in [3.63, 3.8) is 0 Å². The number of hydrogen-bond acceptors (Lipinski definition) is 1. The zero-order valence-corrected chi connectivity index (χ0v) is 12.5. The first kappa shape index (κ1) is 12.6. The SMILES string of the molecule is Cc1cc2n[n+](C)c3cc(C)c(Cl)cc3c2cc1Cl. The molecule has 96 valence electrons. The zero-order valence-electron chi connectivity index (χ0n) is 11.0. The van der Waals surface area contributed by atoms with Crippen LogP contribution in [-0.2, 0) is 7.05 Å². The van der Waals surface area contributed by atoms with Gasteiger partial charge in [0, 0.05) is 26.6 Å². The van der Waals surface area contributed by atoms with Crippen molar-refractivity contribution >= 4 is 45.0 Å². The Morgan fingerprint density at radius 2 is 1.47 bits per heavy atom. The third kappa shape index (κ3) is 1.96. The highest BCUT2D eigenvalue weighted by atomic mass is 35.5. The fourth-order valence-electron chi connectivity index (χ4n) is 2.33. The Balaban J connectivity index is 2.57. The average molecular weight is 292 g/mol. The highest BCUT2D eigenvalue weighted by Gasteiger charge is 2.15. The monoisotopic (exact) mass is 291 g/mol. The lowest BCUT2D eigenvalue weighted by Crippen LogP contribution is -2.33. The molecule has 0 saturated heterocycles. The van der Waals surface area contributed by atoms with Gasteiger partial charge in [-0.15, -0.1) is 0 Å². The van der Waals surface area contributed by atoms with Gasteiger partial charge in [-0.1, -0.05) is 27.9 Å². The summed E-state index contributed by atoms with van der Waals surface area (Å²) in [5.74, 6) is 0. The number of aromatic nitrogens is 2. The van der Waals surface area contributed by atoms with Crippen molar-refractivity contribution in [2.75, 3.05) is 0 Å². The van der Waals surface area contributed by atoms with Crippen molar-refractivity contribution < 1.29 is 4.68 Å². The number of aryl methyl sites for hydroxylation is 3. The summed E-state index contributed by atoms with van der Waals surface area (Å²) in [5, 5.41) is 8.21. The van der Waals surface area contributed by atoms with Gasteiger partial charge in [0.15, 0.2) is 7.05 Å². The van der Waals surface area contributed by atoms with Crippen LogP contribution in [0.4, 0.5) is 0 Å². The summed E-state index contributed by atoms with van der Waals surface area (Å²) in [6, 6.07) is 8.01. The molecule has 0 saturated carbocycles. The van der Waals surface area contributed by atoms with Gasteiger partial charge in [-0.3, -0.25) is 0 Å². The lowest BCUT2D eigenvalue weighted by Gasteiger charge is -2.05. The molecular weight excluding hydrogens is 279 g/mol. The van der Waals surface area contributed by atoms with E-state index in [9.17, 15) is 0 Å². The van der Waals surface area contributed by atoms with Crippen LogP contribution in [0.2, 0.25) is 10.0 Å². The maximum atomic E-state index is 6.25. The highest BCUT2D eigenvalue weighted by Crippen LogP contribution is 2.29. The molecule has 19 heavy (non-hydrogen) atoms. The predicted molar refractivity (Wildman–Crippen MR) is 79.9 cm³/mol. The molecule has 0 unspecified atom stereocenters. The Bertz CT molecular complexity index is 826. The van der Waals surface area contributed by atoms with Crippen molar-refractivity contribution in [3.8, 4) is 0 Å². The molecule has 2 aromatic carbocycles. The Hall–Kier alpha value is -1.38. The van der Waals surface area contributed by atoms with E-state index in [0.29, 0.717) is 0 Å². The summed E-state index contributed by atoms with van der Waals surface area (Å²) >= 11 is 12.5. The van der Waals surface area contributed by atoms with Crippen LogP contribution in [0.3, 0.4) is 0 Å². The minimum atomic E-state index is 0.751. The maximum absolute atomic E-state index is 6.25. The van der Waals surface area contributed by atoms with Crippen LogP contribution in [0, 0.1) is 13.8 Å². The normalized spacial score (nSPS) is 11.4. The lowest BCUT2D eigenvalue weighted by molar-refractivity contribution is -0.703. The first-order valence-electron chi connectivity index (χ1n) is 6.03. The molecule has 0 spiro atoms. The van der Waals surface area contributed by atoms with Gasteiger partial charge in [0.05, 0.1) is 5.39 Å². The summed E-state index contributed by atoms with van der Waals surface area (Å²) < 4.78 is 1.88. The molecule has 0 bridgehead atoms. The molecule has 1 heterocycles. The van der Waals surface area contributed by atoms with Gasteiger partial charge in [-0.2, -0.15) is 0 Å². The number of hydrogen-bond donors (Lipinski definition) is 0. The van der Waals surface area contributed by atoms with E-state index in [0.717, 1.165) is 43.0 Å². The molecule has 3 rings (SSSR count). The second kappa shape index (κ2) is 4.32. The molecule has 0 fully saturated rings. The lowest BCUT2D eigenvalue weighted by atomic mass is 10.1. The third-order valence-corrected chi connectivity index (χ3v) is 4.26. The molecule has 0 aliphatic carbocycles.